The Balaban J connectivity index is 0.00000312. The summed E-state index contributed by atoms with van der Waals surface area (Å²) in [6, 6.07) is 0. The number of aromatic nitrogens is 1. The largest absolute Gasteiger partial charge is 0.377 e. The monoisotopic (exact) mass is 483 g/mol. The lowest BCUT2D eigenvalue weighted by Crippen LogP contribution is -2.39. The summed E-state index contributed by atoms with van der Waals surface area (Å²) in [5, 5.41) is 9.57. The fourth-order valence-corrected chi connectivity index (χ4v) is 3.06. The highest BCUT2D eigenvalue weighted by Crippen LogP contribution is 2.18. The van der Waals surface area contributed by atoms with E-state index in [0.29, 0.717) is 19.8 Å². The second-order valence-electron chi connectivity index (χ2n) is 5.85. The van der Waals surface area contributed by atoms with Crippen molar-refractivity contribution in [2.75, 3.05) is 51.9 Å². The first kappa shape index (κ1) is 22.4. The highest BCUT2D eigenvalue weighted by atomic mass is 127. The van der Waals surface area contributed by atoms with E-state index in [1.807, 2.05) is 24.4 Å². The van der Waals surface area contributed by atoms with Gasteiger partial charge in [-0.15, -0.1) is 35.3 Å². The Hall–Kier alpha value is -0.650. The van der Waals surface area contributed by atoms with Gasteiger partial charge in [0.1, 0.15) is 0 Å². The predicted octanol–water partition coefficient (Wildman–Crippen LogP) is 2.08. The molecular formula is C16H30IN5O2S. The fourth-order valence-electron chi connectivity index (χ4n) is 2.31. The molecule has 1 unspecified atom stereocenters. The number of aliphatic imine (C=N–C) groups is 1. The zero-order chi connectivity index (χ0) is 17.2. The average molecular weight is 483 g/mol. The highest BCUT2D eigenvalue weighted by molar-refractivity contribution is 14.0. The molecule has 2 rings (SSSR count). The van der Waals surface area contributed by atoms with E-state index in [1.165, 1.54) is 0 Å². The van der Waals surface area contributed by atoms with Gasteiger partial charge in [-0.2, -0.15) is 0 Å². The third kappa shape index (κ3) is 8.52. The standard InChI is InChI=1S/C16H29N5O2S.HI/c1-4-17-15(18-7-9-22-11-14-6-5-8-23-14)19-10-13-12-24-16(20-13)21(2)3;/h12,14H,4-11H2,1-3H3,(H2,17,18,19);1H. The van der Waals surface area contributed by atoms with Crippen LogP contribution in [-0.4, -0.2) is 64.1 Å². The SMILES string of the molecule is CCNC(=NCc1csc(N(C)C)n1)NCCOCC1CCCO1.I. The first-order chi connectivity index (χ1) is 11.7. The quantitative estimate of drug-likeness (QED) is 0.243. The van der Waals surface area contributed by atoms with Gasteiger partial charge in [0.05, 0.1) is 31.6 Å². The third-order valence-electron chi connectivity index (χ3n) is 3.53. The molecular weight excluding hydrogens is 453 g/mol. The number of ether oxygens (including phenoxy) is 2. The van der Waals surface area contributed by atoms with E-state index >= 15 is 0 Å². The number of hydrogen-bond donors (Lipinski definition) is 2. The van der Waals surface area contributed by atoms with Crippen molar-refractivity contribution in [3.8, 4) is 0 Å². The number of thiazole rings is 1. The normalized spacial score (nSPS) is 17.2. The second kappa shape index (κ2) is 12.7. The van der Waals surface area contributed by atoms with Crippen LogP contribution < -0.4 is 15.5 Å². The van der Waals surface area contributed by atoms with Crippen molar-refractivity contribution in [3.05, 3.63) is 11.1 Å². The lowest BCUT2D eigenvalue weighted by molar-refractivity contribution is 0.0191. The number of rotatable bonds is 9. The molecule has 0 amide bonds. The molecule has 0 aromatic carbocycles. The molecule has 0 saturated carbocycles. The molecule has 1 saturated heterocycles. The smallest absolute Gasteiger partial charge is 0.191 e. The second-order valence-corrected chi connectivity index (χ2v) is 6.68. The van der Waals surface area contributed by atoms with Crippen molar-refractivity contribution in [1.82, 2.24) is 15.6 Å². The van der Waals surface area contributed by atoms with Crippen molar-refractivity contribution >= 4 is 46.4 Å². The maximum absolute atomic E-state index is 5.65. The number of halogens is 1. The Morgan fingerprint density at radius 3 is 2.96 bits per heavy atom. The number of anilines is 1. The molecule has 1 atom stereocenters. The van der Waals surface area contributed by atoms with Crippen LogP contribution in [0.5, 0.6) is 0 Å². The summed E-state index contributed by atoms with van der Waals surface area (Å²) in [6.07, 6.45) is 2.54. The summed E-state index contributed by atoms with van der Waals surface area (Å²) in [5.41, 5.74) is 0.982. The molecule has 144 valence electrons. The van der Waals surface area contributed by atoms with Crippen LogP contribution in [0.25, 0.3) is 0 Å². The summed E-state index contributed by atoms with van der Waals surface area (Å²) >= 11 is 1.63. The van der Waals surface area contributed by atoms with Gasteiger partial charge < -0.3 is 25.0 Å². The van der Waals surface area contributed by atoms with Crippen LogP contribution in [0.2, 0.25) is 0 Å². The molecule has 0 spiro atoms. The first-order valence-electron chi connectivity index (χ1n) is 8.52. The third-order valence-corrected chi connectivity index (χ3v) is 4.59. The lowest BCUT2D eigenvalue weighted by Gasteiger charge is -2.13. The highest BCUT2D eigenvalue weighted by Gasteiger charge is 2.14. The minimum Gasteiger partial charge on any atom is -0.377 e. The van der Waals surface area contributed by atoms with Crippen LogP contribution in [0, 0.1) is 0 Å². The van der Waals surface area contributed by atoms with E-state index in [0.717, 1.165) is 49.3 Å². The van der Waals surface area contributed by atoms with Gasteiger partial charge in [0, 0.05) is 39.2 Å². The molecule has 1 aliphatic rings. The summed E-state index contributed by atoms with van der Waals surface area (Å²) in [6.45, 7) is 6.36. The van der Waals surface area contributed by atoms with Crippen LogP contribution in [0.4, 0.5) is 5.13 Å². The molecule has 7 nitrogen and oxygen atoms in total. The predicted molar refractivity (Wildman–Crippen MR) is 114 cm³/mol. The first-order valence-corrected chi connectivity index (χ1v) is 9.40. The molecule has 0 radical (unpaired) electrons. The fraction of sp³-hybridized carbons (Fsp3) is 0.750. The maximum atomic E-state index is 5.65. The summed E-state index contributed by atoms with van der Waals surface area (Å²) < 4.78 is 11.2. The molecule has 0 aliphatic carbocycles. The van der Waals surface area contributed by atoms with Crippen LogP contribution in [0.15, 0.2) is 10.4 Å². The Labute approximate surface area is 171 Å². The van der Waals surface area contributed by atoms with Gasteiger partial charge in [-0.1, -0.05) is 0 Å². The van der Waals surface area contributed by atoms with E-state index < -0.39 is 0 Å². The van der Waals surface area contributed by atoms with Gasteiger partial charge in [-0.05, 0) is 19.8 Å². The van der Waals surface area contributed by atoms with Gasteiger partial charge in [0.2, 0.25) is 0 Å². The van der Waals surface area contributed by atoms with Gasteiger partial charge in [0.25, 0.3) is 0 Å². The zero-order valence-corrected chi connectivity index (χ0v) is 18.4. The molecule has 1 fully saturated rings. The van der Waals surface area contributed by atoms with Gasteiger partial charge >= 0.3 is 0 Å². The molecule has 1 aromatic rings. The Kier molecular flexibility index (Phi) is 11.3. The van der Waals surface area contributed by atoms with Crippen molar-refractivity contribution in [2.24, 2.45) is 4.99 Å². The lowest BCUT2D eigenvalue weighted by atomic mass is 10.2. The minimum absolute atomic E-state index is 0. The molecule has 2 heterocycles. The van der Waals surface area contributed by atoms with Gasteiger partial charge in [-0.25, -0.2) is 9.98 Å². The topological polar surface area (TPSA) is 71.0 Å². The number of nitrogens with zero attached hydrogens (tertiary/aromatic N) is 3. The molecule has 0 bridgehead atoms. The van der Waals surface area contributed by atoms with Crippen LogP contribution in [0.1, 0.15) is 25.5 Å². The minimum atomic E-state index is 0. The molecule has 1 aromatic heterocycles. The van der Waals surface area contributed by atoms with Gasteiger partial charge in [0.15, 0.2) is 11.1 Å². The molecule has 25 heavy (non-hydrogen) atoms. The Morgan fingerprint density at radius 2 is 2.32 bits per heavy atom. The summed E-state index contributed by atoms with van der Waals surface area (Å²) in [4.78, 5) is 11.1. The van der Waals surface area contributed by atoms with E-state index in [-0.39, 0.29) is 30.1 Å². The zero-order valence-electron chi connectivity index (χ0n) is 15.3. The van der Waals surface area contributed by atoms with Crippen LogP contribution >= 0.6 is 35.3 Å². The van der Waals surface area contributed by atoms with E-state index in [1.54, 1.807) is 11.3 Å². The molecule has 2 N–H and O–H groups in total. The van der Waals surface area contributed by atoms with Crippen molar-refractivity contribution in [1.29, 1.82) is 0 Å². The van der Waals surface area contributed by atoms with Crippen LogP contribution in [0.3, 0.4) is 0 Å². The Morgan fingerprint density at radius 1 is 1.48 bits per heavy atom. The summed E-state index contributed by atoms with van der Waals surface area (Å²) in [5.74, 6) is 0.789. The van der Waals surface area contributed by atoms with Crippen molar-refractivity contribution < 1.29 is 9.47 Å². The Bertz CT molecular complexity index is 506. The average Bonchev–Trinajstić information content (AvgIpc) is 3.23. The van der Waals surface area contributed by atoms with E-state index in [2.05, 4.69) is 27.5 Å². The van der Waals surface area contributed by atoms with E-state index in [4.69, 9.17) is 9.47 Å². The molecule has 9 heteroatoms. The van der Waals surface area contributed by atoms with E-state index in [9.17, 15) is 0 Å². The summed E-state index contributed by atoms with van der Waals surface area (Å²) in [7, 11) is 3.99. The van der Waals surface area contributed by atoms with Crippen molar-refractivity contribution in [3.63, 3.8) is 0 Å². The maximum Gasteiger partial charge on any atom is 0.191 e. The van der Waals surface area contributed by atoms with Crippen LogP contribution in [-0.2, 0) is 16.0 Å². The number of guanidine groups is 1. The number of hydrogen-bond acceptors (Lipinski definition) is 6. The van der Waals surface area contributed by atoms with Crippen molar-refractivity contribution in [2.45, 2.75) is 32.4 Å². The number of nitrogens with one attached hydrogen (secondary N) is 2. The molecule has 1 aliphatic heterocycles. The van der Waals surface area contributed by atoms with Gasteiger partial charge in [-0.3, -0.25) is 0 Å².